The predicted octanol–water partition coefficient (Wildman–Crippen LogP) is 3.73. The molecule has 4 heterocycles. The van der Waals surface area contributed by atoms with E-state index in [4.69, 9.17) is 5.10 Å². The van der Waals surface area contributed by atoms with E-state index >= 15 is 0 Å². The fraction of sp³-hybridized carbons (Fsp3) is 0.0476. The summed E-state index contributed by atoms with van der Waals surface area (Å²) >= 11 is 1.51. The van der Waals surface area contributed by atoms with Crippen molar-refractivity contribution in [3.63, 3.8) is 0 Å². The SMILES string of the molecule is O=c1ccc(-c2c(-c3ccccc3)nn3ccccc23)nn1Cc1nccs1. The molecule has 5 aromatic rings. The smallest absolute Gasteiger partial charge is 0.267 e. The number of aromatic nitrogens is 5. The summed E-state index contributed by atoms with van der Waals surface area (Å²) in [6, 6.07) is 19.2. The van der Waals surface area contributed by atoms with Crippen molar-refractivity contribution in [3.05, 3.63) is 93.8 Å². The zero-order valence-corrected chi connectivity index (χ0v) is 15.6. The van der Waals surface area contributed by atoms with Crippen LogP contribution >= 0.6 is 11.3 Å². The molecule has 6 nitrogen and oxygen atoms in total. The van der Waals surface area contributed by atoms with Crippen LogP contribution in [0.3, 0.4) is 0 Å². The third-order valence-corrected chi connectivity index (χ3v) is 5.24. The number of thiazole rings is 1. The normalized spacial score (nSPS) is 11.1. The Hall–Kier alpha value is -3.58. The molecule has 0 radical (unpaired) electrons. The number of nitrogens with zero attached hydrogens (tertiary/aromatic N) is 5. The van der Waals surface area contributed by atoms with Crippen LogP contribution in [0.25, 0.3) is 28.0 Å². The Morgan fingerprint density at radius 1 is 0.929 bits per heavy atom. The number of rotatable bonds is 4. The van der Waals surface area contributed by atoms with E-state index in [0.717, 1.165) is 27.3 Å². The number of hydrogen-bond donors (Lipinski definition) is 0. The average Bonchev–Trinajstić information content (AvgIpc) is 3.38. The molecular formula is C21H15N5OS. The van der Waals surface area contributed by atoms with Gasteiger partial charge in [-0.3, -0.25) is 4.79 Å². The van der Waals surface area contributed by atoms with Crippen LogP contribution in [0.5, 0.6) is 0 Å². The van der Waals surface area contributed by atoms with Gasteiger partial charge in [-0.25, -0.2) is 14.2 Å². The summed E-state index contributed by atoms with van der Waals surface area (Å²) in [7, 11) is 0. The molecule has 136 valence electrons. The van der Waals surface area contributed by atoms with Crippen molar-refractivity contribution in [2.45, 2.75) is 6.54 Å². The zero-order chi connectivity index (χ0) is 18.9. The lowest BCUT2D eigenvalue weighted by molar-refractivity contribution is 0.640. The third kappa shape index (κ3) is 2.91. The molecule has 0 aliphatic carbocycles. The van der Waals surface area contributed by atoms with Crippen LogP contribution in [0.15, 0.2) is 83.2 Å². The Balaban J connectivity index is 1.72. The second kappa shape index (κ2) is 6.86. The molecule has 0 saturated heterocycles. The Kier molecular flexibility index (Phi) is 4.06. The van der Waals surface area contributed by atoms with Gasteiger partial charge in [-0.2, -0.15) is 10.2 Å². The molecule has 0 atom stereocenters. The highest BCUT2D eigenvalue weighted by atomic mass is 32.1. The van der Waals surface area contributed by atoms with Gasteiger partial charge in [0.25, 0.3) is 5.56 Å². The number of pyridine rings is 1. The van der Waals surface area contributed by atoms with Crippen molar-refractivity contribution in [2.75, 3.05) is 0 Å². The molecule has 0 amide bonds. The summed E-state index contributed by atoms with van der Waals surface area (Å²) in [6.45, 7) is 0.351. The van der Waals surface area contributed by atoms with Crippen LogP contribution in [0, 0.1) is 0 Å². The van der Waals surface area contributed by atoms with Crippen molar-refractivity contribution in [1.29, 1.82) is 0 Å². The number of benzene rings is 1. The minimum Gasteiger partial charge on any atom is -0.268 e. The van der Waals surface area contributed by atoms with Crippen LogP contribution in [0.4, 0.5) is 0 Å². The van der Waals surface area contributed by atoms with E-state index in [0.29, 0.717) is 12.2 Å². The molecule has 0 aliphatic rings. The minimum atomic E-state index is -0.156. The molecule has 28 heavy (non-hydrogen) atoms. The molecule has 1 aromatic carbocycles. The minimum absolute atomic E-state index is 0.156. The maximum absolute atomic E-state index is 12.3. The van der Waals surface area contributed by atoms with Gasteiger partial charge in [-0.1, -0.05) is 36.4 Å². The van der Waals surface area contributed by atoms with Crippen LogP contribution in [0.1, 0.15) is 5.01 Å². The Labute approximate surface area is 164 Å². The monoisotopic (exact) mass is 385 g/mol. The van der Waals surface area contributed by atoms with E-state index in [1.807, 2.05) is 64.6 Å². The zero-order valence-electron chi connectivity index (χ0n) is 14.8. The highest BCUT2D eigenvalue weighted by Gasteiger charge is 2.18. The second-order valence-electron chi connectivity index (χ2n) is 6.26. The molecule has 0 fully saturated rings. The van der Waals surface area contributed by atoms with Gasteiger partial charge in [0, 0.05) is 29.4 Å². The molecule has 4 aromatic heterocycles. The quantitative estimate of drug-likeness (QED) is 0.473. The van der Waals surface area contributed by atoms with E-state index in [2.05, 4.69) is 10.1 Å². The molecule has 0 unspecified atom stereocenters. The standard InChI is InChI=1S/C21H15N5OS/c27-19-10-9-16(23-26(19)14-18-22-11-13-28-18)20-17-8-4-5-12-25(17)24-21(20)15-6-2-1-3-7-15/h1-13H,14H2. The van der Waals surface area contributed by atoms with Crippen molar-refractivity contribution < 1.29 is 0 Å². The van der Waals surface area contributed by atoms with E-state index in [1.165, 1.54) is 16.0 Å². The van der Waals surface area contributed by atoms with E-state index in [1.54, 1.807) is 18.3 Å². The summed E-state index contributed by atoms with van der Waals surface area (Å²) in [5.41, 5.74) is 4.22. The lowest BCUT2D eigenvalue weighted by atomic mass is 10.0. The average molecular weight is 385 g/mol. The molecule has 0 N–H and O–H groups in total. The number of fused-ring (bicyclic) bond motifs is 1. The maximum atomic E-state index is 12.3. The highest BCUT2D eigenvalue weighted by molar-refractivity contribution is 7.09. The topological polar surface area (TPSA) is 65.1 Å². The first kappa shape index (κ1) is 16.6. The molecule has 0 bridgehead atoms. The Bertz CT molecular complexity index is 1310. The summed E-state index contributed by atoms with van der Waals surface area (Å²) in [5, 5.41) is 12.1. The van der Waals surface area contributed by atoms with E-state index in [-0.39, 0.29) is 5.56 Å². The van der Waals surface area contributed by atoms with Crippen LogP contribution in [-0.2, 0) is 6.54 Å². The van der Waals surface area contributed by atoms with Crippen molar-refractivity contribution in [3.8, 4) is 22.5 Å². The van der Waals surface area contributed by atoms with Gasteiger partial charge in [0.15, 0.2) is 0 Å². The summed E-state index contributed by atoms with van der Waals surface area (Å²) < 4.78 is 3.30. The van der Waals surface area contributed by atoms with Crippen molar-refractivity contribution in [2.24, 2.45) is 0 Å². The van der Waals surface area contributed by atoms with Gasteiger partial charge in [0.05, 0.1) is 23.3 Å². The largest absolute Gasteiger partial charge is 0.268 e. The molecule has 7 heteroatoms. The summed E-state index contributed by atoms with van der Waals surface area (Å²) in [5.74, 6) is 0. The van der Waals surface area contributed by atoms with E-state index in [9.17, 15) is 4.79 Å². The second-order valence-corrected chi connectivity index (χ2v) is 7.24. The highest BCUT2D eigenvalue weighted by Crippen LogP contribution is 2.33. The van der Waals surface area contributed by atoms with Gasteiger partial charge in [-0.05, 0) is 18.2 Å². The summed E-state index contributed by atoms with van der Waals surface area (Å²) in [6.07, 6.45) is 3.64. The Morgan fingerprint density at radius 3 is 2.61 bits per heavy atom. The van der Waals surface area contributed by atoms with Crippen molar-refractivity contribution in [1.82, 2.24) is 24.4 Å². The first-order valence-corrected chi connectivity index (χ1v) is 9.67. The molecule has 0 aliphatic heterocycles. The lowest BCUT2D eigenvalue weighted by Gasteiger charge is -2.07. The van der Waals surface area contributed by atoms with Gasteiger partial charge in [0.2, 0.25) is 0 Å². The van der Waals surface area contributed by atoms with Gasteiger partial charge < -0.3 is 0 Å². The maximum Gasteiger partial charge on any atom is 0.267 e. The van der Waals surface area contributed by atoms with Crippen molar-refractivity contribution >= 4 is 16.9 Å². The van der Waals surface area contributed by atoms with Gasteiger partial charge >= 0.3 is 0 Å². The van der Waals surface area contributed by atoms with Gasteiger partial charge in [0.1, 0.15) is 10.7 Å². The number of hydrogen-bond acceptors (Lipinski definition) is 5. The molecule has 0 spiro atoms. The first-order chi connectivity index (χ1) is 13.8. The molecular weight excluding hydrogens is 370 g/mol. The summed E-state index contributed by atoms with van der Waals surface area (Å²) in [4.78, 5) is 16.6. The fourth-order valence-corrected chi connectivity index (χ4v) is 3.80. The first-order valence-electron chi connectivity index (χ1n) is 8.79. The van der Waals surface area contributed by atoms with Gasteiger partial charge in [-0.15, -0.1) is 11.3 Å². The van der Waals surface area contributed by atoms with Crippen LogP contribution < -0.4 is 5.56 Å². The molecule has 0 saturated carbocycles. The predicted molar refractivity (Wildman–Crippen MR) is 109 cm³/mol. The van der Waals surface area contributed by atoms with Crippen LogP contribution in [0.2, 0.25) is 0 Å². The van der Waals surface area contributed by atoms with Crippen LogP contribution in [-0.4, -0.2) is 24.4 Å². The Morgan fingerprint density at radius 2 is 1.79 bits per heavy atom. The van der Waals surface area contributed by atoms with E-state index < -0.39 is 0 Å². The fourth-order valence-electron chi connectivity index (χ4n) is 3.20. The lowest BCUT2D eigenvalue weighted by Crippen LogP contribution is -2.22. The molecule has 5 rings (SSSR count). The third-order valence-electron chi connectivity index (χ3n) is 4.48.